The summed E-state index contributed by atoms with van der Waals surface area (Å²) in [6.07, 6.45) is 2.82. The number of carbonyl (C=O) groups excluding carboxylic acids is 3. The third-order valence-electron chi connectivity index (χ3n) is 6.41. The quantitative estimate of drug-likeness (QED) is 0.375. The third-order valence-corrected chi connectivity index (χ3v) is 7.78. The van der Waals surface area contributed by atoms with E-state index in [1.165, 1.54) is 16.7 Å². The smallest absolute Gasteiger partial charge is 0.407 e. The van der Waals surface area contributed by atoms with Crippen molar-refractivity contribution in [1.82, 2.24) is 20.5 Å². The van der Waals surface area contributed by atoms with Crippen LogP contribution in [0.25, 0.3) is 0 Å². The number of carbonyl (C=O) groups is 3. The van der Waals surface area contributed by atoms with Crippen LogP contribution in [0.3, 0.4) is 0 Å². The summed E-state index contributed by atoms with van der Waals surface area (Å²) in [6, 6.07) is 11.1. The number of nitrogens with zero attached hydrogens (tertiary/aromatic N) is 2. The summed E-state index contributed by atoms with van der Waals surface area (Å²) < 4.78 is 4.67. The molecular formula is C28H36N4O5S. The first-order valence-corrected chi connectivity index (χ1v) is 13.5. The van der Waals surface area contributed by atoms with Crippen molar-refractivity contribution >= 4 is 29.7 Å². The fraction of sp³-hybridized carbons (Fsp3) is 0.429. The number of ether oxygens (including phenoxy) is 1. The Bertz CT molecular complexity index is 1100. The predicted molar refractivity (Wildman–Crippen MR) is 147 cm³/mol. The molecule has 0 spiro atoms. The summed E-state index contributed by atoms with van der Waals surface area (Å²) in [7, 11) is 0. The molecule has 204 valence electrons. The van der Waals surface area contributed by atoms with E-state index < -0.39 is 34.9 Å². The normalized spacial score (nSPS) is 18.6. The lowest BCUT2D eigenvalue weighted by molar-refractivity contribution is -0.147. The van der Waals surface area contributed by atoms with Gasteiger partial charge in [0.1, 0.15) is 6.04 Å². The highest BCUT2D eigenvalue weighted by Crippen LogP contribution is 2.39. The van der Waals surface area contributed by atoms with Gasteiger partial charge in [-0.05, 0) is 43.5 Å². The molecule has 9 nitrogen and oxygen atoms in total. The highest BCUT2D eigenvalue weighted by atomic mass is 32.2. The van der Waals surface area contributed by atoms with Crippen molar-refractivity contribution in [2.45, 2.75) is 56.7 Å². The fourth-order valence-corrected chi connectivity index (χ4v) is 5.26. The number of benzene rings is 1. The molecule has 3 rings (SSSR count). The number of alkyl carbamates (subject to hydrolysis) is 1. The zero-order valence-electron chi connectivity index (χ0n) is 22.0. The Morgan fingerprint density at radius 2 is 1.89 bits per heavy atom. The highest BCUT2D eigenvalue weighted by molar-refractivity contribution is 8.00. The van der Waals surface area contributed by atoms with Gasteiger partial charge in [0.05, 0.1) is 18.5 Å². The number of hydrogen-bond donors (Lipinski definition) is 3. The summed E-state index contributed by atoms with van der Waals surface area (Å²) in [5, 5.41) is 16.8. The molecule has 2 aromatic rings. The van der Waals surface area contributed by atoms with Gasteiger partial charge in [-0.2, -0.15) is 0 Å². The first-order valence-electron chi connectivity index (χ1n) is 12.5. The van der Waals surface area contributed by atoms with E-state index in [2.05, 4.69) is 22.2 Å². The SMILES string of the molecule is C=CC(C)COC(=O)NC(Cc1ccccc1)C(O)C(=O)N1CSC(C)(C)[C@H]1C(=O)NCc1ccncc1. The van der Waals surface area contributed by atoms with Gasteiger partial charge in [0.15, 0.2) is 6.10 Å². The second-order valence-corrected chi connectivity index (χ2v) is 11.5. The van der Waals surface area contributed by atoms with E-state index in [-0.39, 0.29) is 37.3 Å². The summed E-state index contributed by atoms with van der Waals surface area (Å²) >= 11 is 1.46. The van der Waals surface area contributed by atoms with Gasteiger partial charge in [-0.15, -0.1) is 18.3 Å². The first kappa shape index (κ1) is 29.2. The minimum Gasteiger partial charge on any atom is -0.449 e. The molecule has 0 radical (unpaired) electrons. The van der Waals surface area contributed by atoms with Crippen LogP contribution < -0.4 is 10.6 Å². The van der Waals surface area contributed by atoms with Gasteiger partial charge in [-0.25, -0.2) is 4.79 Å². The predicted octanol–water partition coefficient (Wildman–Crippen LogP) is 2.90. The maximum atomic E-state index is 13.6. The molecule has 1 aromatic heterocycles. The summed E-state index contributed by atoms with van der Waals surface area (Å²) in [4.78, 5) is 44.8. The van der Waals surface area contributed by atoms with Crippen LogP contribution in [0.15, 0.2) is 67.5 Å². The van der Waals surface area contributed by atoms with E-state index in [1.54, 1.807) is 30.6 Å². The minimum absolute atomic E-state index is 0.0462. The molecule has 0 saturated carbocycles. The Morgan fingerprint density at radius 1 is 1.21 bits per heavy atom. The monoisotopic (exact) mass is 540 g/mol. The maximum absolute atomic E-state index is 13.6. The number of nitrogens with one attached hydrogen (secondary N) is 2. The molecule has 0 aliphatic carbocycles. The topological polar surface area (TPSA) is 121 Å². The molecule has 3 N–H and O–H groups in total. The Kier molecular flexibility index (Phi) is 10.3. The molecule has 1 aromatic carbocycles. The highest BCUT2D eigenvalue weighted by Gasteiger charge is 2.49. The molecule has 1 saturated heterocycles. The summed E-state index contributed by atoms with van der Waals surface area (Å²) in [5.74, 6) is -0.763. The standard InChI is InChI=1S/C28H36N4O5S/c1-5-19(2)17-37-27(36)31-22(15-20-9-7-6-8-10-20)23(33)26(35)32-18-38-28(3,4)24(32)25(34)30-16-21-11-13-29-14-12-21/h5-14,19,22-24,33H,1,15-18H2,2-4H3,(H,30,34)(H,31,36)/t19?,22?,23?,24-/m1/s1. The van der Waals surface area contributed by atoms with Crippen molar-refractivity contribution in [2.24, 2.45) is 5.92 Å². The van der Waals surface area contributed by atoms with Crippen LogP contribution in [-0.4, -0.2) is 68.3 Å². The van der Waals surface area contributed by atoms with Crippen LogP contribution >= 0.6 is 11.8 Å². The molecule has 10 heteroatoms. The average Bonchev–Trinajstić information content (AvgIpc) is 3.25. The first-order chi connectivity index (χ1) is 18.1. The minimum atomic E-state index is -1.59. The molecule has 1 aliphatic heterocycles. The number of rotatable bonds is 11. The van der Waals surface area contributed by atoms with Crippen LogP contribution in [-0.2, 0) is 27.3 Å². The third kappa shape index (κ3) is 7.82. The number of amides is 3. The van der Waals surface area contributed by atoms with Crippen molar-refractivity contribution in [3.8, 4) is 0 Å². The van der Waals surface area contributed by atoms with Gasteiger partial charge in [0.2, 0.25) is 5.91 Å². The van der Waals surface area contributed by atoms with Crippen LogP contribution in [0, 0.1) is 5.92 Å². The van der Waals surface area contributed by atoms with E-state index in [1.807, 2.05) is 51.1 Å². The maximum Gasteiger partial charge on any atom is 0.407 e. The second kappa shape index (κ2) is 13.4. The molecule has 3 unspecified atom stereocenters. The average molecular weight is 541 g/mol. The molecule has 38 heavy (non-hydrogen) atoms. The van der Waals surface area contributed by atoms with Gasteiger partial charge in [0.25, 0.3) is 5.91 Å². The van der Waals surface area contributed by atoms with Crippen LogP contribution in [0.2, 0.25) is 0 Å². The molecule has 1 aliphatic rings. The number of hydrogen-bond acceptors (Lipinski definition) is 7. The van der Waals surface area contributed by atoms with Crippen LogP contribution in [0.1, 0.15) is 31.9 Å². The van der Waals surface area contributed by atoms with Crippen molar-refractivity contribution in [2.75, 3.05) is 12.5 Å². The van der Waals surface area contributed by atoms with E-state index in [0.29, 0.717) is 0 Å². The molecular weight excluding hydrogens is 504 g/mol. The lowest BCUT2D eigenvalue weighted by Gasteiger charge is -2.33. The van der Waals surface area contributed by atoms with Crippen molar-refractivity contribution in [3.63, 3.8) is 0 Å². The molecule has 2 heterocycles. The molecule has 4 atom stereocenters. The second-order valence-electron chi connectivity index (χ2n) is 9.86. The van der Waals surface area contributed by atoms with Gasteiger partial charge in [-0.1, -0.05) is 43.3 Å². The number of aromatic nitrogens is 1. The zero-order chi connectivity index (χ0) is 27.7. The van der Waals surface area contributed by atoms with Crippen LogP contribution in [0.5, 0.6) is 0 Å². The molecule has 0 bridgehead atoms. The zero-order valence-corrected chi connectivity index (χ0v) is 22.8. The van der Waals surface area contributed by atoms with E-state index in [9.17, 15) is 19.5 Å². The van der Waals surface area contributed by atoms with Gasteiger partial charge >= 0.3 is 6.09 Å². The fourth-order valence-electron chi connectivity index (χ4n) is 4.12. The van der Waals surface area contributed by atoms with E-state index in [0.717, 1.165) is 11.1 Å². The number of pyridine rings is 1. The number of aliphatic hydroxyl groups excluding tert-OH is 1. The van der Waals surface area contributed by atoms with Gasteiger partial charge in [0, 0.05) is 29.6 Å². The Balaban J connectivity index is 1.75. The lowest BCUT2D eigenvalue weighted by Crippen LogP contribution is -2.58. The molecule has 3 amide bonds. The van der Waals surface area contributed by atoms with Crippen molar-refractivity contribution in [3.05, 3.63) is 78.6 Å². The number of aliphatic hydroxyl groups is 1. The van der Waals surface area contributed by atoms with Gasteiger partial charge < -0.3 is 25.4 Å². The number of thioether (sulfide) groups is 1. The van der Waals surface area contributed by atoms with E-state index in [4.69, 9.17) is 4.74 Å². The molecule has 1 fully saturated rings. The lowest BCUT2D eigenvalue weighted by atomic mass is 9.97. The Morgan fingerprint density at radius 3 is 2.55 bits per heavy atom. The summed E-state index contributed by atoms with van der Waals surface area (Å²) in [6.45, 7) is 9.73. The van der Waals surface area contributed by atoms with Crippen molar-refractivity contribution < 1.29 is 24.2 Å². The summed E-state index contributed by atoms with van der Waals surface area (Å²) in [5.41, 5.74) is 1.71. The van der Waals surface area contributed by atoms with Crippen molar-refractivity contribution in [1.29, 1.82) is 0 Å². The van der Waals surface area contributed by atoms with E-state index >= 15 is 0 Å². The van der Waals surface area contributed by atoms with Crippen LogP contribution in [0.4, 0.5) is 4.79 Å². The van der Waals surface area contributed by atoms with Gasteiger partial charge in [-0.3, -0.25) is 14.6 Å². The Labute approximate surface area is 228 Å². The Hall–Kier alpha value is -3.37. The largest absolute Gasteiger partial charge is 0.449 e.